The fraction of sp³-hybridized carbons (Fsp3) is 0.538. The van der Waals surface area contributed by atoms with Crippen molar-refractivity contribution in [3.63, 3.8) is 0 Å². The summed E-state index contributed by atoms with van der Waals surface area (Å²) in [7, 11) is 0. The van der Waals surface area contributed by atoms with Gasteiger partial charge in [0.2, 0.25) is 0 Å². The highest BCUT2D eigenvalue weighted by molar-refractivity contribution is 5.17. The third kappa shape index (κ3) is 11.1. The Labute approximate surface area is 97.5 Å². The Morgan fingerprint density at radius 3 is 1.19 bits per heavy atom. The Bertz CT molecular complexity index is 202. The molecular formula is C13H23F3. The summed E-state index contributed by atoms with van der Waals surface area (Å²) in [5.74, 6) is 0. The van der Waals surface area contributed by atoms with Gasteiger partial charge in [0.1, 0.15) is 0 Å². The highest BCUT2D eigenvalue weighted by atomic mass is 19.4. The number of alkyl halides is 3. The summed E-state index contributed by atoms with van der Waals surface area (Å²) in [5.41, 5.74) is -0.602. The molecule has 0 aliphatic carbocycles. The lowest BCUT2D eigenvalue weighted by atomic mass is 10.2. The second kappa shape index (κ2) is 14.0. The molecule has 96 valence electrons. The van der Waals surface area contributed by atoms with Crippen LogP contribution in [0.2, 0.25) is 0 Å². The van der Waals surface area contributed by atoms with E-state index < -0.39 is 11.7 Å². The van der Waals surface area contributed by atoms with Crippen molar-refractivity contribution < 1.29 is 13.2 Å². The molecule has 0 atom stereocenters. The molecule has 0 unspecified atom stereocenters. The van der Waals surface area contributed by atoms with Crippen LogP contribution in [-0.2, 0) is 6.18 Å². The van der Waals surface area contributed by atoms with Crippen LogP contribution in [0, 0.1) is 0 Å². The lowest BCUT2D eigenvalue weighted by Gasteiger charge is -2.03. The van der Waals surface area contributed by atoms with Crippen molar-refractivity contribution in [2.75, 3.05) is 0 Å². The summed E-state index contributed by atoms with van der Waals surface area (Å²) < 4.78 is 35.4. The monoisotopic (exact) mass is 236 g/mol. The summed E-state index contributed by atoms with van der Waals surface area (Å²) in [6.45, 7) is 12.0. The predicted octanol–water partition coefficient (Wildman–Crippen LogP) is 5.78. The molecule has 0 aliphatic heterocycles. The highest BCUT2D eigenvalue weighted by Crippen LogP contribution is 2.28. The number of hydrogen-bond acceptors (Lipinski definition) is 0. The van der Waals surface area contributed by atoms with E-state index in [0.29, 0.717) is 0 Å². The van der Waals surface area contributed by atoms with Crippen LogP contribution in [0.1, 0.15) is 47.1 Å². The lowest BCUT2D eigenvalue weighted by molar-refractivity contribution is -0.137. The largest absolute Gasteiger partial charge is 0.416 e. The van der Waals surface area contributed by atoms with Gasteiger partial charge < -0.3 is 0 Å². The summed E-state index contributed by atoms with van der Waals surface area (Å²) in [5, 5.41) is 0. The third-order valence-corrected chi connectivity index (χ3v) is 1.10. The first-order valence-electron chi connectivity index (χ1n) is 5.73. The SMILES string of the molecule is CC.CC.CC.FC(F)(F)c1ccccc1. The quantitative estimate of drug-likeness (QED) is 0.535. The van der Waals surface area contributed by atoms with Gasteiger partial charge >= 0.3 is 6.18 Å². The Hall–Kier alpha value is -0.990. The van der Waals surface area contributed by atoms with Gasteiger partial charge in [-0.3, -0.25) is 0 Å². The highest BCUT2D eigenvalue weighted by Gasteiger charge is 2.29. The Morgan fingerprint density at radius 2 is 1.00 bits per heavy atom. The van der Waals surface area contributed by atoms with Gasteiger partial charge in [-0.15, -0.1) is 0 Å². The van der Waals surface area contributed by atoms with E-state index >= 15 is 0 Å². The minimum atomic E-state index is -4.21. The molecule has 0 radical (unpaired) electrons. The van der Waals surface area contributed by atoms with Crippen LogP contribution in [0.25, 0.3) is 0 Å². The zero-order valence-electron chi connectivity index (χ0n) is 11.0. The van der Waals surface area contributed by atoms with E-state index in [2.05, 4.69) is 0 Å². The van der Waals surface area contributed by atoms with E-state index in [4.69, 9.17) is 0 Å². The molecule has 0 heterocycles. The van der Waals surface area contributed by atoms with Crippen LogP contribution in [-0.4, -0.2) is 0 Å². The molecule has 0 saturated heterocycles. The number of rotatable bonds is 0. The van der Waals surface area contributed by atoms with Gasteiger partial charge in [0.25, 0.3) is 0 Å². The minimum absolute atomic E-state index is 0.602. The Morgan fingerprint density at radius 1 is 0.688 bits per heavy atom. The number of halogens is 3. The average molecular weight is 236 g/mol. The van der Waals surface area contributed by atoms with Gasteiger partial charge in [-0.25, -0.2) is 0 Å². The Balaban J connectivity index is -0.000000245. The molecule has 0 nitrogen and oxygen atoms in total. The van der Waals surface area contributed by atoms with Gasteiger partial charge in [0.15, 0.2) is 0 Å². The summed E-state index contributed by atoms with van der Waals surface area (Å²) in [6, 6.07) is 6.36. The summed E-state index contributed by atoms with van der Waals surface area (Å²) in [4.78, 5) is 0. The average Bonchev–Trinajstić information content (AvgIpc) is 2.37. The molecule has 3 heteroatoms. The first-order valence-corrected chi connectivity index (χ1v) is 5.73. The van der Waals surface area contributed by atoms with E-state index in [0.717, 1.165) is 12.1 Å². The van der Waals surface area contributed by atoms with E-state index in [9.17, 15) is 13.2 Å². The van der Waals surface area contributed by atoms with Crippen molar-refractivity contribution in [2.24, 2.45) is 0 Å². The van der Waals surface area contributed by atoms with Crippen molar-refractivity contribution in [2.45, 2.75) is 47.7 Å². The van der Waals surface area contributed by atoms with Crippen LogP contribution in [0.3, 0.4) is 0 Å². The molecule has 0 saturated carbocycles. The fourth-order valence-corrected chi connectivity index (χ4v) is 0.627. The van der Waals surface area contributed by atoms with Gasteiger partial charge in [0.05, 0.1) is 5.56 Å². The van der Waals surface area contributed by atoms with E-state index in [1.807, 2.05) is 41.5 Å². The third-order valence-electron chi connectivity index (χ3n) is 1.10. The van der Waals surface area contributed by atoms with Crippen molar-refractivity contribution in [1.29, 1.82) is 0 Å². The van der Waals surface area contributed by atoms with Crippen LogP contribution < -0.4 is 0 Å². The van der Waals surface area contributed by atoms with Gasteiger partial charge in [0, 0.05) is 0 Å². The molecule has 0 spiro atoms. The molecule has 1 aromatic rings. The molecule has 0 aromatic heterocycles. The van der Waals surface area contributed by atoms with Gasteiger partial charge in [-0.05, 0) is 0 Å². The first kappa shape index (κ1) is 20.4. The molecule has 0 fully saturated rings. The molecule has 0 N–H and O–H groups in total. The van der Waals surface area contributed by atoms with Crippen LogP contribution in [0.5, 0.6) is 0 Å². The van der Waals surface area contributed by atoms with Gasteiger partial charge in [-0.1, -0.05) is 71.9 Å². The second-order valence-electron chi connectivity index (χ2n) is 1.86. The molecule has 1 rings (SSSR count). The van der Waals surface area contributed by atoms with Crippen LogP contribution in [0.4, 0.5) is 13.2 Å². The molecule has 0 aliphatic rings. The van der Waals surface area contributed by atoms with Crippen molar-refractivity contribution >= 4 is 0 Å². The molecule has 0 bridgehead atoms. The first-order chi connectivity index (χ1) is 7.61. The Kier molecular flexibility index (Phi) is 17.9. The smallest absolute Gasteiger partial charge is 0.166 e. The van der Waals surface area contributed by atoms with Crippen LogP contribution in [0.15, 0.2) is 30.3 Å². The standard InChI is InChI=1S/C7H5F3.3C2H6/c8-7(9,10)6-4-2-1-3-5-6;3*1-2/h1-5H;3*1-2H3. The second-order valence-corrected chi connectivity index (χ2v) is 1.86. The summed E-state index contributed by atoms with van der Waals surface area (Å²) in [6.07, 6.45) is -4.21. The maximum absolute atomic E-state index is 11.8. The van der Waals surface area contributed by atoms with E-state index in [1.165, 1.54) is 12.1 Å². The van der Waals surface area contributed by atoms with Crippen molar-refractivity contribution in [3.05, 3.63) is 35.9 Å². The number of hydrogen-bond donors (Lipinski definition) is 0. The summed E-state index contributed by atoms with van der Waals surface area (Å²) >= 11 is 0. The van der Waals surface area contributed by atoms with Crippen molar-refractivity contribution in [1.82, 2.24) is 0 Å². The van der Waals surface area contributed by atoms with E-state index in [1.54, 1.807) is 6.07 Å². The lowest BCUT2D eigenvalue weighted by Crippen LogP contribution is -2.03. The van der Waals surface area contributed by atoms with Gasteiger partial charge in [-0.2, -0.15) is 13.2 Å². The molecule has 0 amide bonds. The fourth-order valence-electron chi connectivity index (χ4n) is 0.627. The molecule has 16 heavy (non-hydrogen) atoms. The minimum Gasteiger partial charge on any atom is -0.166 e. The maximum atomic E-state index is 11.8. The van der Waals surface area contributed by atoms with E-state index in [-0.39, 0.29) is 0 Å². The zero-order chi connectivity index (χ0) is 13.6. The predicted molar refractivity (Wildman–Crippen MR) is 65.5 cm³/mol. The van der Waals surface area contributed by atoms with Crippen LogP contribution >= 0.6 is 0 Å². The number of benzene rings is 1. The van der Waals surface area contributed by atoms with Crippen molar-refractivity contribution in [3.8, 4) is 0 Å². The normalized spacial score (nSPS) is 8.31. The topological polar surface area (TPSA) is 0 Å². The molecular weight excluding hydrogens is 213 g/mol. The zero-order valence-corrected chi connectivity index (χ0v) is 11.0. The molecule has 1 aromatic carbocycles. The maximum Gasteiger partial charge on any atom is 0.416 e.